The highest BCUT2D eigenvalue weighted by Gasteiger charge is 2.35. The molecule has 1 N–H and O–H groups in total. The summed E-state index contributed by atoms with van der Waals surface area (Å²) < 4.78 is 0. The van der Waals surface area contributed by atoms with Crippen molar-refractivity contribution in [1.82, 2.24) is 10.2 Å². The molecule has 0 bridgehead atoms. The third kappa shape index (κ3) is 4.08. The summed E-state index contributed by atoms with van der Waals surface area (Å²) in [6, 6.07) is 11.9. The number of amides is 2. The fourth-order valence-electron chi connectivity index (χ4n) is 4.26. The largest absolute Gasteiger partial charge is 0.353 e. The molecule has 0 saturated heterocycles. The molecule has 1 aliphatic heterocycles. The molecular weight excluding hydrogens is 356 g/mol. The average molecular weight is 383 g/mol. The molecule has 1 saturated carbocycles. The van der Waals surface area contributed by atoms with Gasteiger partial charge in [0.1, 0.15) is 0 Å². The van der Waals surface area contributed by atoms with Crippen LogP contribution < -0.4 is 5.32 Å². The van der Waals surface area contributed by atoms with Crippen molar-refractivity contribution in [3.8, 4) is 0 Å². The van der Waals surface area contributed by atoms with Crippen LogP contribution in [0, 0.1) is 0 Å². The number of carbonyl (C=O) groups is 2. The van der Waals surface area contributed by atoms with Gasteiger partial charge in [-0.15, -0.1) is 11.3 Å². The fourth-order valence-corrected chi connectivity index (χ4v) is 5.10. The quantitative estimate of drug-likeness (QED) is 0.764. The first-order chi connectivity index (χ1) is 13.2. The third-order valence-corrected chi connectivity index (χ3v) is 6.67. The van der Waals surface area contributed by atoms with Gasteiger partial charge in [0.15, 0.2) is 0 Å². The number of rotatable bonds is 5. The standard InChI is InChI=1S/C22H26N2O2S/c25-21(23-17-9-3-1-2-4-10-17)14-19(20-12-7-13-27-20)24-15-16-8-5-6-11-18(16)22(24)26/h5-8,11-13,17,19H,1-4,9-10,14-15H2,(H,23,25)/t19-/m0/s1. The molecule has 0 radical (unpaired) electrons. The predicted molar refractivity (Wildman–Crippen MR) is 108 cm³/mol. The highest BCUT2D eigenvalue weighted by Crippen LogP contribution is 2.35. The van der Waals surface area contributed by atoms with Crippen LogP contribution in [0.1, 0.15) is 71.8 Å². The lowest BCUT2D eigenvalue weighted by Gasteiger charge is -2.27. The van der Waals surface area contributed by atoms with E-state index in [0.717, 1.165) is 28.8 Å². The Morgan fingerprint density at radius 3 is 2.59 bits per heavy atom. The van der Waals surface area contributed by atoms with Crippen LogP contribution >= 0.6 is 11.3 Å². The summed E-state index contributed by atoms with van der Waals surface area (Å²) >= 11 is 1.62. The van der Waals surface area contributed by atoms with Crippen molar-refractivity contribution < 1.29 is 9.59 Å². The van der Waals surface area contributed by atoms with Crippen LogP contribution in [0.25, 0.3) is 0 Å². The maximum absolute atomic E-state index is 12.9. The van der Waals surface area contributed by atoms with E-state index in [1.807, 2.05) is 46.7 Å². The van der Waals surface area contributed by atoms with E-state index in [-0.39, 0.29) is 23.9 Å². The zero-order valence-corrected chi connectivity index (χ0v) is 16.3. The summed E-state index contributed by atoms with van der Waals surface area (Å²) in [7, 11) is 0. The van der Waals surface area contributed by atoms with Gasteiger partial charge in [0.05, 0.1) is 12.5 Å². The molecule has 5 heteroatoms. The second-order valence-corrected chi connectivity index (χ2v) is 8.56. The highest BCUT2D eigenvalue weighted by molar-refractivity contribution is 7.10. The topological polar surface area (TPSA) is 49.4 Å². The van der Waals surface area contributed by atoms with Gasteiger partial charge in [-0.1, -0.05) is 49.9 Å². The molecule has 1 aromatic heterocycles. The van der Waals surface area contributed by atoms with E-state index in [0.29, 0.717) is 13.0 Å². The summed E-state index contributed by atoms with van der Waals surface area (Å²) in [5, 5.41) is 5.25. The summed E-state index contributed by atoms with van der Waals surface area (Å²) in [4.78, 5) is 28.7. The third-order valence-electron chi connectivity index (χ3n) is 5.70. The molecule has 2 aromatic rings. The Balaban J connectivity index is 1.49. The lowest BCUT2D eigenvalue weighted by atomic mass is 10.1. The van der Waals surface area contributed by atoms with E-state index in [1.54, 1.807) is 11.3 Å². The van der Waals surface area contributed by atoms with Gasteiger partial charge in [-0.25, -0.2) is 0 Å². The molecule has 142 valence electrons. The van der Waals surface area contributed by atoms with Gasteiger partial charge in [0.25, 0.3) is 5.91 Å². The minimum absolute atomic E-state index is 0.0336. The number of nitrogens with zero attached hydrogens (tertiary/aromatic N) is 1. The van der Waals surface area contributed by atoms with Gasteiger partial charge in [-0.2, -0.15) is 0 Å². The van der Waals surface area contributed by atoms with Crippen LogP contribution in [-0.4, -0.2) is 22.8 Å². The zero-order chi connectivity index (χ0) is 18.6. The Morgan fingerprint density at radius 2 is 1.89 bits per heavy atom. The van der Waals surface area contributed by atoms with Gasteiger partial charge < -0.3 is 10.2 Å². The van der Waals surface area contributed by atoms with E-state index in [2.05, 4.69) is 5.32 Å². The summed E-state index contributed by atoms with van der Waals surface area (Å²) in [6.07, 6.45) is 7.40. The maximum atomic E-state index is 12.9. The molecule has 4 rings (SSSR count). The average Bonchev–Trinajstić information content (AvgIpc) is 3.23. The van der Waals surface area contributed by atoms with Gasteiger partial charge in [0.2, 0.25) is 5.91 Å². The number of benzene rings is 1. The molecule has 1 fully saturated rings. The first-order valence-electron chi connectivity index (χ1n) is 9.94. The number of thiophene rings is 1. The minimum atomic E-state index is -0.198. The van der Waals surface area contributed by atoms with Gasteiger partial charge in [-0.05, 0) is 35.9 Å². The number of hydrogen-bond acceptors (Lipinski definition) is 3. The monoisotopic (exact) mass is 382 g/mol. The molecule has 0 unspecified atom stereocenters. The first-order valence-corrected chi connectivity index (χ1v) is 10.8. The number of fused-ring (bicyclic) bond motifs is 1. The second-order valence-electron chi connectivity index (χ2n) is 7.58. The van der Waals surface area contributed by atoms with Crippen LogP contribution in [0.4, 0.5) is 0 Å². The van der Waals surface area contributed by atoms with Crippen molar-refractivity contribution in [2.24, 2.45) is 0 Å². The fraction of sp³-hybridized carbons (Fsp3) is 0.455. The summed E-state index contributed by atoms with van der Waals surface area (Å²) in [5.74, 6) is 0.0929. The van der Waals surface area contributed by atoms with Crippen molar-refractivity contribution in [3.05, 3.63) is 57.8 Å². The minimum Gasteiger partial charge on any atom is -0.353 e. The van der Waals surface area contributed by atoms with E-state index >= 15 is 0 Å². The molecule has 1 atom stereocenters. The molecule has 2 aliphatic rings. The first kappa shape index (κ1) is 18.2. The van der Waals surface area contributed by atoms with E-state index in [9.17, 15) is 9.59 Å². The molecule has 0 spiro atoms. The normalized spacial score (nSPS) is 18.8. The van der Waals surface area contributed by atoms with Crippen molar-refractivity contribution in [2.45, 2.75) is 63.6 Å². The van der Waals surface area contributed by atoms with Crippen LogP contribution in [0.3, 0.4) is 0 Å². The van der Waals surface area contributed by atoms with Crippen LogP contribution in [-0.2, 0) is 11.3 Å². The van der Waals surface area contributed by atoms with E-state index in [1.165, 1.54) is 25.7 Å². The van der Waals surface area contributed by atoms with Gasteiger partial charge in [-0.3, -0.25) is 9.59 Å². The number of nitrogens with one attached hydrogen (secondary N) is 1. The Morgan fingerprint density at radius 1 is 1.11 bits per heavy atom. The van der Waals surface area contributed by atoms with Crippen LogP contribution in [0.2, 0.25) is 0 Å². The van der Waals surface area contributed by atoms with Crippen molar-refractivity contribution >= 4 is 23.2 Å². The number of hydrogen-bond donors (Lipinski definition) is 1. The lowest BCUT2D eigenvalue weighted by molar-refractivity contribution is -0.123. The second kappa shape index (κ2) is 8.26. The Labute approximate surface area is 164 Å². The molecule has 2 amide bonds. The lowest BCUT2D eigenvalue weighted by Crippen LogP contribution is -2.38. The molecular formula is C22H26N2O2S. The van der Waals surface area contributed by atoms with Crippen molar-refractivity contribution in [2.75, 3.05) is 0 Å². The molecule has 1 aromatic carbocycles. The molecule has 27 heavy (non-hydrogen) atoms. The summed E-state index contributed by atoms with van der Waals surface area (Å²) in [6.45, 7) is 0.578. The number of carbonyl (C=O) groups excluding carboxylic acids is 2. The SMILES string of the molecule is O=C(C[C@@H](c1cccs1)N1Cc2ccccc2C1=O)NC1CCCCCC1. The zero-order valence-electron chi connectivity index (χ0n) is 15.5. The molecule has 4 nitrogen and oxygen atoms in total. The highest BCUT2D eigenvalue weighted by atomic mass is 32.1. The van der Waals surface area contributed by atoms with Crippen LogP contribution in [0.15, 0.2) is 41.8 Å². The smallest absolute Gasteiger partial charge is 0.255 e. The van der Waals surface area contributed by atoms with Gasteiger partial charge >= 0.3 is 0 Å². The van der Waals surface area contributed by atoms with E-state index < -0.39 is 0 Å². The van der Waals surface area contributed by atoms with Gasteiger partial charge in [0, 0.05) is 23.0 Å². The van der Waals surface area contributed by atoms with Crippen molar-refractivity contribution in [1.29, 1.82) is 0 Å². The Kier molecular flexibility index (Phi) is 5.58. The molecule has 1 aliphatic carbocycles. The predicted octanol–water partition coefficient (Wildman–Crippen LogP) is 4.67. The maximum Gasteiger partial charge on any atom is 0.255 e. The van der Waals surface area contributed by atoms with Crippen LogP contribution in [0.5, 0.6) is 0 Å². The van der Waals surface area contributed by atoms with E-state index in [4.69, 9.17) is 0 Å². The van der Waals surface area contributed by atoms with Crippen molar-refractivity contribution in [3.63, 3.8) is 0 Å². The Hall–Kier alpha value is -2.14. The summed E-state index contributed by atoms with van der Waals surface area (Å²) in [5.41, 5.74) is 1.82. The Bertz CT molecular complexity index is 794. The molecule has 2 heterocycles.